The molecule has 11 nitrogen and oxygen atoms in total. The molecule has 2 aromatic carbocycles. The number of methoxy groups -OCH3 is 1. The fraction of sp³-hybridized carbons (Fsp3) is 0.211. The lowest BCUT2D eigenvalue weighted by atomic mass is 10.2. The van der Waals surface area contributed by atoms with E-state index >= 15 is 0 Å². The highest BCUT2D eigenvalue weighted by Gasteiger charge is 2.16. The molecule has 0 bridgehead atoms. The number of tetrazole rings is 1. The van der Waals surface area contributed by atoms with Crippen molar-refractivity contribution in [2.24, 2.45) is 0 Å². The normalized spacial score (nSPS) is 11.8. The van der Waals surface area contributed by atoms with Crippen molar-refractivity contribution in [2.45, 2.75) is 11.7 Å². The van der Waals surface area contributed by atoms with Crippen LogP contribution in [0.3, 0.4) is 0 Å². The summed E-state index contributed by atoms with van der Waals surface area (Å²) >= 11 is 1.13. The third-order valence-electron chi connectivity index (χ3n) is 4.21. The van der Waals surface area contributed by atoms with Gasteiger partial charge in [-0.2, -0.15) is 0 Å². The fourth-order valence-electron chi connectivity index (χ4n) is 2.73. The van der Waals surface area contributed by atoms with E-state index in [9.17, 15) is 9.59 Å². The SMILES string of the molecule is COc1ccc(Cn2nnnc2SCC(=O)NC(=O)Nc2ccc3c(c2)OCO3)cc1. The van der Waals surface area contributed by atoms with Gasteiger partial charge in [0.05, 0.1) is 19.4 Å². The van der Waals surface area contributed by atoms with Crippen LogP contribution < -0.4 is 24.8 Å². The summed E-state index contributed by atoms with van der Waals surface area (Å²) in [5, 5.41) is 16.8. The zero-order chi connectivity index (χ0) is 21.6. The predicted molar refractivity (Wildman–Crippen MR) is 110 cm³/mol. The Balaban J connectivity index is 1.27. The summed E-state index contributed by atoms with van der Waals surface area (Å²) in [6, 6.07) is 11.8. The van der Waals surface area contributed by atoms with Crippen molar-refractivity contribution in [3.05, 3.63) is 48.0 Å². The van der Waals surface area contributed by atoms with Gasteiger partial charge < -0.3 is 19.5 Å². The Morgan fingerprint density at radius 3 is 2.77 bits per heavy atom. The number of hydrogen-bond acceptors (Lipinski definition) is 9. The van der Waals surface area contributed by atoms with E-state index in [0.29, 0.717) is 28.9 Å². The monoisotopic (exact) mass is 442 g/mol. The number of imide groups is 1. The third-order valence-corrected chi connectivity index (χ3v) is 5.16. The second kappa shape index (κ2) is 9.34. The molecule has 0 saturated heterocycles. The average molecular weight is 442 g/mol. The molecule has 2 N–H and O–H groups in total. The fourth-order valence-corrected chi connectivity index (χ4v) is 3.41. The number of thioether (sulfide) groups is 1. The summed E-state index contributed by atoms with van der Waals surface area (Å²) in [4.78, 5) is 24.2. The lowest BCUT2D eigenvalue weighted by molar-refractivity contribution is -0.117. The minimum Gasteiger partial charge on any atom is -0.497 e. The highest BCUT2D eigenvalue weighted by atomic mass is 32.2. The molecule has 3 aromatic rings. The molecule has 0 aliphatic carbocycles. The topological polar surface area (TPSA) is 129 Å². The molecule has 0 spiro atoms. The summed E-state index contributed by atoms with van der Waals surface area (Å²) in [6.07, 6.45) is 0. The Morgan fingerprint density at radius 2 is 1.97 bits per heavy atom. The number of ether oxygens (including phenoxy) is 3. The number of amides is 3. The summed E-state index contributed by atoms with van der Waals surface area (Å²) < 4.78 is 17.2. The van der Waals surface area contributed by atoms with Crippen molar-refractivity contribution in [1.29, 1.82) is 0 Å². The van der Waals surface area contributed by atoms with Crippen LogP contribution in [-0.2, 0) is 11.3 Å². The molecule has 0 unspecified atom stereocenters. The number of aromatic nitrogens is 4. The van der Waals surface area contributed by atoms with Gasteiger partial charge in [0.15, 0.2) is 11.5 Å². The van der Waals surface area contributed by atoms with Crippen LogP contribution >= 0.6 is 11.8 Å². The molecule has 1 aliphatic heterocycles. The number of nitrogens with one attached hydrogen (secondary N) is 2. The molecule has 12 heteroatoms. The first-order valence-corrected chi connectivity index (χ1v) is 10.1. The summed E-state index contributed by atoms with van der Waals surface area (Å²) in [7, 11) is 1.60. The van der Waals surface area contributed by atoms with Gasteiger partial charge in [-0.3, -0.25) is 10.1 Å². The second-order valence-electron chi connectivity index (χ2n) is 6.33. The summed E-state index contributed by atoms with van der Waals surface area (Å²) in [5.41, 5.74) is 1.45. The maximum absolute atomic E-state index is 12.1. The third kappa shape index (κ3) is 5.22. The lowest BCUT2D eigenvalue weighted by Crippen LogP contribution is -2.35. The molecule has 0 atom stereocenters. The number of carbonyl (C=O) groups excluding carboxylic acids is 2. The van der Waals surface area contributed by atoms with Gasteiger partial charge in [-0.05, 0) is 40.3 Å². The van der Waals surface area contributed by atoms with Gasteiger partial charge in [-0.1, -0.05) is 23.9 Å². The largest absolute Gasteiger partial charge is 0.497 e. The van der Waals surface area contributed by atoms with E-state index < -0.39 is 11.9 Å². The first kappa shape index (κ1) is 20.5. The number of fused-ring (bicyclic) bond motifs is 1. The molecule has 0 fully saturated rings. The minimum absolute atomic E-state index is 0.0302. The predicted octanol–water partition coefficient (Wildman–Crippen LogP) is 1.90. The molecule has 1 aromatic heterocycles. The van der Waals surface area contributed by atoms with Crippen LogP contribution in [0.25, 0.3) is 0 Å². The molecule has 3 amide bonds. The van der Waals surface area contributed by atoms with Crippen LogP contribution in [0.15, 0.2) is 47.6 Å². The Kier molecular flexibility index (Phi) is 6.17. The van der Waals surface area contributed by atoms with Gasteiger partial charge in [0.25, 0.3) is 0 Å². The lowest BCUT2D eigenvalue weighted by Gasteiger charge is -2.08. The highest BCUT2D eigenvalue weighted by molar-refractivity contribution is 7.99. The van der Waals surface area contributed by atoms with E-state index in [0.717, 1.165) is 23.1 Å². The van der Waals surface area contributed by atoms with Gasteiger partial charge >= 0.3 is 6.03 Å². The van der Waals surface area contributed by atoms with Gasteiger partial charge in [-0.15, -0.1) is 5.10 Å². The van der Waals surface area contributed by atoms with Crippen molar-refractivity contribution >= 4 is 29.4 Å². The molecule has 2 heterocycles. The van der Waals surface area contributed by atoms with Crippen LogP contribution in [0, 0.1) is 0 Å². The van der Waals surface area contributed by atoms with Gasteiger partial charge in [-0.25, -0.2) is 9.48 Å². The number of anilines is 1. The quantitative estimate of drug-likeness (QED) is 0.527. The first-order chi connectivity index (χ1) is 15.1. The van der Waals surface area contributed by atoms with Crippen molar-refractivity contribution < 1.29 is 23.8 Å². The first-order valence-electron chi connectivity index (χ1n) is 9.13. The van der Waals surface area contributed by atoms with Crippen LogP contribution in [0.1, 0.15) is 5.56 Å². The van der Waals surface area contributed by atoms with Crippen LogP contribution in [0.4, 0.5) is 10.5 Å². The standard InChI is InChI=1S/C19H18N6O5S/c1-28-14-5-2-12(3-6-14)9-25-19(22-23-24-25)31-10-17(26)21-18(27)20-13-4-7-15-16(8-13)30-11-29-15/h2-8H,9-11H2,1H3,(H2,20,21,26,27). The number of nitrogens with zero attached hydrogens (tertiary/aromatic N) is 4. The van der Waals surface area contributed by atoms with Crippen molar-refractivity contribution in [1.82, 2.24) is 25.5 Å². The van der Waals surface area contributed by atoms with E-state index in [1.807, 2.05) is 24.3 Å². The zero-order valence-electron chi connectivity index (χ0n) is 16.4. The van der Waals surface area contributed by atoms with E-state index in [2.05, 4.69) is 26.2 Å². The van der Waals surface area contributed by atoms with Crippen molar-refractivity contribution in [3.8, 4) is 17.2 Å². The van der Waals surface area contributed by atoms with Crippen LogP contribution in [0.5, 0.6) is 17.2 Å². The molecule has 4 rings (SSSR count). The van der Waals surface area contributed by atoms with Crippen molar-refractivity contribution in [3.63, 3.8) is 0 Å². The molecule has 160 valence electrons. The average Bonchev–Trinajstić information content (AvgIpc) is 3.41. The maximum atomic E-state index is 12.1. The minimum atomic E-state index is -0.651. The maximum Gasteiger partial charge on any atom is 0.325 e. The van der Waals surface area contributed by atoms with E-state index in [1.165, 1.54) is 0 Å². The number of benzene rings is 2. The van der Waals surface area contributed by atoms with Crippen LogP contribution in [0.2, 0.25) is 0 Å². The molecular formula is C19H18N6O5S. The van der Waals surface area contributed by atoms with Crippen molar-refractivity contribution in [2.75, 3.05) is 25.0 Å². The highest BCUT2D eigenvalue weighted by Crippen LogP contribution is 2.34. The Morgan fingerprint density at radius 1 is 1.16 bits per heavy atom. The number of urea groups is 1. The number of rotatable bonds is 7. The van der Waals surface area contributed by atoms with E-state index in [1.54, 1.807) is 30.0 Å². The zero-order valence-corrected chi connectivity index (χ0v) is 17.2. The molecular weight excluding hydrogens is 424 g/mol. The number of hydrogen-bond donors (Lipinski definition) is 2. The molecule has 0 radical (unpaired) electrons. The smallest absolute Gasteiger partial charge is 0.325 e. The second-order valence-corrected chi connectivity index (χ2v) is 7.27. The number of carbonyl (C=O) groups is 2. The van der Waals surface area contributed by atoms with Crippen LogP contribution in [-0.4, -0.2) is 51.8 Å². The Labute approximate surface area is 181 Å². The van der Waals surface area contributed by atoms with Gasteiger partial charge in [0, 0.05) is 11.8 Å². The molecule has 1 aliphatic rings. The van der Waals surface area contributed by atoms with E-state index in [4.69, 9.17) is 14.2 Å². The Bertz CT molecular complexity index is 1090. The Hall–Kier alpha value is -3.80. The summed E-state index contributed by atoms with van der Waals surface area (Å²) in [5.74, 6) is 1.37. The molecule has 31 heavy (non-hydrogen) atoms. The van der Waals surface area contributed by atoms with Gasteiger partial charge in [0.2, 0.25) is 17.9 Å². The van der Waals surface area contributed by atoms with E-state index in [-0.39, 0.29) is 12.5 Å². The summed E-state index contributed by atoms with van der Waals surface area (Å²) in [6.45, 7) is 0.574. The molecule has 0 saturated carbocycles. The van der Waals surface area contributed by atoms with Gasteiger partial charge in [0.1, 0.15) is 5.75 Å².